The van der Waals surface area contributed by atoms with Gasteiger partial charge in [-0.2, -0.15) is 0 Å². The second kappa shape index (κ2) is 14.8. The van der Waals surface area contributed by atoms with Gasteiger partial charge in [-0.25, -0.2) is 4.79 Å². The van der Waals surface area contributed by atoms with Gasteiger partial charge in [0.05, 0.1) is 30.8 Å². The van der Waals surface area contributed by atoms with E-state index in [1.165, 1.54) is 11.8 Å². The van der Waals surface area contributed by atoms with Crippen molar-refractivity contribution in [1.29, 1.82) is 0 Å². The molecule has 2 N–H and O–H groups in total. The van der Waals surface area contributed by atoms with E-state index in [-0.39, 0.29) is 48.0 Å². The van der Waals surface area contributed by atoms with Crippen LogP contribution in [0.3, 0.4) is 0 Å². The summed E-state index contributed by atoms with van der Waals surface area (Å²) in [5.74, 6) is 0.158. The van der Waals surface area contributed by atoms with Gasteiger partial charge in [0.2, 0.25) is 5.91 Å². The third-order valence-electron chi connectivity index (χ3n) is 8.55. The molecule has 1 amide bonds. The van der Waals surface area contributed by atoms with Gasteiger partial charge in [0.15, 0.2) is 11.6 Å². The standard InChI is InChI=1S/C35H45NO9/c1-5-9-25-29(14-12-23(22(3)37)32(25)40)43-19-8-20-44-30-15-13-24-28(38)21-35(4,45-33(24)26(30)10-6-2)17-16-31(39)36-18-7-11-27(36)34(41)42/h12-15,27,40H,5-11,16-21H2,1-4H3,(H,41,42)/t27-,35?/m0/s1. The Balaban J connectivity index is 1.41. The monoisotopic (exact) mass is 623 g/mol. The predicted octanol–water partition coefficient (Wildman–Crippen LogP) is 5.93. The van der Waals surface area contributed by atoms with Crippen LogP contribution in [0.4, 0.5) is 0 Å². The highest BCUT2D eigenvalue weighted by atomic mass is 16.5. The van der Waals surface area contributed by atoms with E-state index in [2.05, 4.69) is 0 Å². The van der Waals surface area contributed by atoms with Crippen LogP contribution in [0, 0.1) is 0 Å². The SMILES string of the molecule is CCCc1c(OCCCOc2ccc3c(c2CCC)OC(C)(CCC(=O)N2CCC[C@H]2C(=O)O)CC3=O)ccc(C(C)=O)c1O. The molecule has 2 aliphatic rings. The molecule has 0 aromatic heterocycles. The molecule has 10 nitrogen and oxygen atoms in total. The zero-order valence-electron chi connectivity index (χ0n) is 26.8. The van der Waals surface area contributed by atoms with Gasteiger partial charge in [0, 0.05) is 30.5 Å². The highest BCUT2D eigenvalue weighted by Crippen LogP contribution is 2.42. The maximum atomic E-state index is 13.3. The number of phenols is 1. The molecule has 2 aromatic rings. The van der Waals surface area contributed by atoms with Crippen LogP contribution in [0.2, 0.25) is 0 Å². The lowest BCUT2D eigenvalue weighted by Crippen LogP contribution is -2.43. The fourth-order valence-corrected chi connectivity index (χ4v) is 6.21. The number of carbonyl (C=O) groups excluding carboxylic acids is 3. The summed E-state index contributed by atoms with van der Waals surface area (Å²) < 4.78 is 18.6. The summed E-state index contributed by atoms with van der Waals surface area (Å²) >= 11 is 0. The number of ketones is 2. The van der Waals surface area contributed by atoms with Crippen LogP contribution in [0.25, 0.3) is 0 Å². The van der Waals surface area contributed by atoms with Gasteiger partial charge in [-0.3, -0.25) is 14.4 Å². The molecule has 2 heterocycles. The van der Waals surface area contributed by atoms with Crippen LogP contribution in [0.5, 0.6) is 23.0 Å². The number of carbonyl (C=O) groups is 4. The number of ether oxygens (including phenoxy) is 3. The van der Waals surface area contributed by atoms with Crippen molar-refractivity contribution in [3.8, 4) is 23.0 Å². The highest BCUT2D eigenvalue weighted by Gasteiger charge is 2.40. The quantitative estimate of drug-likeness (QED) is 0.183. The van der Waals surface area contributed by atoms with Crippen molar-refractivity contribution in [2.24, 2.45) is 0 Å². The summed E-state index contributed by atoms with van der Waals surface area (Å²) in [6.45, 7) is 8.39. The lowest BCUT2D eigenvalue weighted by atomic mass is 9.86. The van der Waals surface area contributed by atoms with Gasteiger partial charge in [-0.05, 0) is 70.2 Å². The molecule has 10 heteroatoms. The van der Waals surface area contributed by atoms with Gasteiger partial charge in [-0.15, -0.1) is 0 Å². The van der Waals surface area contributed by atoms with E-state index in [0.29, 0.717) is 80.2 Å². The molecule has 0 aliphatic carbocycles. The molecule has 1 saturated heterocycles. The molecule has 0 bridgehead atoms. The average Bonchev–Trinajstić information content (AvgIpc) is 3.49. The molecular weight excluding hydrogens is 578 g/mol. The van der Waals surface area contributed by atoms with Crippen LogP contribution >= 0.6 is 0 Å². The molecule has 45 heavy (non-hydrogen) atoms. The second-order valence-electron chi connectivity index (χ2n) is 12.2. The molecule has 2 aromatic carbocycles. The molecule has 0 spiro atoms. The number of fused-ring (bicyclic) bond motifs is 1. The number of nitrogens with zero attached hydrogens (tertiary/aromatic N) is 1. The zero-order chi connectivity index (χ0) is 32.7. The van der Waals surface area contributed by atoms with Crippen LogP contribution < -0.4 is 14.2 Å². The zero-order valence-corrected chi connectivity index (χ0v) is 26.8. The van der Waals surface area contributed by atoms with E-state index in [9.17, 15) is 29.4 Å². The molecule has 1 unspecified atom stereocenters. The van der Waals surface area contributed by atoms with Crippen LogP contribution in [-0.4, -0.2) is 70.0 Å². The van der Waals surface area contributed by atoms with E-state index < -0.39 is 17.6 Å². The van der Waals surface area contributed by atoms with Crippen molar-refractivity contribution in [2.75, 3.05) is 19.8 Å². The van der Waals surface area contributed by atoms with Crippen molar-refractivity contribution in [3.05, 3.63) is 46.5 Å². The Bertz CT molecular complexity index is 1430. The predicted molar refractivity (Wildman–Crippen MR) is 168 cm³/mol. The first-order chi connectivity index (χ1) is 21.5. The van der Waals surface area contributed by atoms with E-state index in [1.807, 2.05) is 20.8 Å². The normalized spacial score (nSPS) is 19.2. The number of aliphatic carboxylic acids is 1. The Labute approximate surface area is 264 Å². The van der Waals surface area contributed by atoms with Crippen LogP contribution in [0.15, 0.2) is 24.3 Å². The van der Waals surface area contributed by atoms with E-state index in [1.54, 1.807) is 24.3 Å². The number of carboxylic acids is 1. The number of hydrogen-bond acceptors (Lipinski definition) is 8. The Hall–Kier alpha value is -4.08. The molecule has 244 valence electrons. The fraction of sp³-hybridized carbons (Fsp3) is 0.543. The maximum absolute atomic E-state index is 13.3. The summed E-state index contributed by atoms with van der Waals surface area (Å²) in [6.07, 6.45) is 4.98. The lowest BCUT2D eigenvalue weighted by Gasteiger charge is -2.37. The Kier molecular flexibility index (Phi) is 11.1. The highest BCUT2D eigenvalue weighted by molar-refractivity contribution is 6.01. The number of Topliss-reactive ketones (excluding diaryl/α,β-unsaturated/α-hetero) is 2. The average molecular weight is 624 g/mol. The third-order valence-corrected chi connectivity index (χ3v) is 8.55. The number of likely N-dealkylation sites (tertiary alicyclic amines) is 1. The number of hydrogen-bond donors (Lipinski definition) is 2. The number of phenolic OH excluding ortho intramolecular Hbond substituents is 1. The van der Waals surface area contributed by atoms with Crippen molar-refractivity contribution in [2.45, 2.75) is 104 Å². The summed E-state index contributed by atoms with van der Waals surface area (Å²) in [7, 11) is 0. The summed E-state index contributed by atoms with van der Waals surface area (Å²) in [4.78, 5) is 51.0. The maximum Gasteiger partial charge on any atom is 0.326 e. The smallest absolute Gasteiger partial charge is 0.326 e. The molecule has 2 atom stereocenters. The summed E-state index contributed by atoms with van der Waals surface area (Å²) in [6, 6.07) is 6.04. The van der Waals surface area contributed by atoms with Gasteiger partial charge >= 0.3 is 5.97 Å². The number of amides is 1. The van der Waals surface area contributed by atoms with Gasteiger partial charge < -0.3 is 29.3 Å². The third kappa shape index (κ3) is 7.78. The Morgan fingerprint density at radius 3 is 2.31 bits per heavy atom. The van der Waals surface area contributed by atoms with Gasteiger partial charge in [-0.1, -0.05) is 26.7 Å². The van der Waals surface area contributed by atoms with E-state index >= 15 is 0 Å². The van der Waals surface area contributed by atoms with E-state index in [4.69, 9.17) is 14.2 Å². The molecule has 4 rings (SSSR count). The number of rotatable bonds is 15. The van der Waals surface area contributed by atoms with Crippen molar-refractivity contribution in [1.82, 2.24) is 4.90 Å². The minimum atomic E-state index is -0.989. The number of benzene rings is 2. The lowest BCUT2D eigenvalue weighted by molar-refractivity contribution is -0.148. The second-order valence-corrected chi connectivity index (χ2v) is 12.2. The minimum Gasteiger partial charge on any atom is -0.507 e. The van der Waals surface area contributed by atoms with Crippen molar-refractivity contribution >= 4 is 23.4 Å². The molecular formula is C35H45NO9. The number of aromatic hydroxyl groups is 1. The molecule has 2 aliphatic heterocycles. The topological polar surface area (TPSA) is 140 Å². The summed E-state index contributed by atoms with van der Waals surface area (Å²) in [5, 5.41) is 20.1. The molecule has 1 fully saturated rings. The Morgan fingerprint density at radius 2 is 1.67 bits per heavy atom. The van der Waals surface area contributed by atoms with Crippen molar-refractivity contribution in [3.63, 3.8) is 0 Å². The van der Waals surface area contributed by atoms with Crippen LogP contribution in [-0.2, 0) is 22.4 Å². The van der Waals surface area contributed by atoms with E-state index in [0.717, 1.165) is 18.4 Å². The minimum absolute atomic E-state index is 0.0252. The molecule has 0 radical (unpaired) electrons. The fourth-order valence-electron chi connectivity index (χ4n) is 6.21. The van der Waals surface area contributed by atoms with Gasteiger partial charge in [0.1, 0.15) is 34.6 Å². The first-order valence-corrected chi connectivity index (χ1v) is 16.0. The van der Waals surface area contributed by atoms with Crippen molar-refractivity contribution < 1.29 is 43.6 Å². The summed E-state index contributed by atoms with van der Waals surface area (Å²) in [5.41, 5.74) is 1.31. The first kappa shape index (κ1) is 33.8. The number of carboxylic acid groups (broad SMARTS) is 1. The first-order valence-electron chi connectivity index (χ1n) is 16.0. The van der Waals surface area contributed by atoms with Gasteiger partial charge in [0.25, 0.3) is 0 Å². The molecule has 0 saturated carbocycles. The largest absolute Gasteiger partial charge is 0.507 e. The Morgan fingerprint density at radius 1 is 1.02 bits per heavy atom. The van der Waals surface area contributed by atoms with Crippen LogP contribution in [0.1, 0.15) is 111 Å².